The maximum absolute atomic E-state index is 12.0. The third-order valence-electron chi connectivity index (χ3n) is 4.29. The third kappa shape index (κ3) is 4.40. The van der Waals surface area contributed by atoms with Crippen molar-refractivity contribution in [2.75, 3.05) is 7.11 Å². The first-order chi connectivity index (χ1) is 13.5. The minimum atomic E-state index is -0.557. The first-order valence-corrected chi connectivity index (χ1v) is 8.77. The van der Waals surface area contributed by atoms with Gasteiger partial charge in [0.05, 0.1) is 7.11 Å². The second-order valence-corrected chi connectivity index (χ2v) is 6.15. The van der Waals surface area contributed by atoms with Crippen molar-refractivity contribution in [3.8, 4) is 11.5 Å². The molecule has 144 valence electrons. The predicted octanol–water partition coefficient (Wildman–Crippen LogP) is 3.83. The number of hydrogen-bond donors (Lipinski definition) is 1. The fourth-order valence-electron chi connectivity index (χ4n) is 2.77. The number of phenolic OH excluding ortho intramolecular Hbond substituents is 1. The number of aryl methyl sites for hydroxylation is 1. The number of ether oxygens (including phenoxy) is 2. The van der Waals surface area contributed by atoms with E-state index in [9.17, 15) is 14.7 Å². The topological polar surface area (TPSA) is 86.0 Å². The van der Waals surface area contributed by atoms with E-state index in [0.29, 0.717) is 22.5 Å². The van der Waals surface area contributed by atoms with Crippen LogP contribution in [0.25, 0.3) is 17.0 Å². The Labute approximate surface area is 161 Å². The number of esters is 1. The van der Waals surface area contributed by atoms with Crippen LogP contribution in [0.1, 0.15) is 23.6 Å². The van der Waals surface area contributed by atoms with Gasteiger partial charge in [-0.25, -0.2) is 9.59 Å². The van der Waals surface area contributed by atoms with Crippen LogP contribution in [-0.4, -0.2) is 18.2 Å². The predicted molar refractivity (Wildman–Crippen MR) is 105 cm³/mol. The number of fused-ring (bicyclic) bond motifs is 1. The van der Waals surface area contributed by atoms with Crippen LogP contribution in [0.4, 0.5) is 0 Å². The lowest BCUT2D eigenvalue weighted by Crippen LogP contribution is -2.05. The number of carbonyl (C=O) groups is 1. The maximum Gasteiger partial charge on any atom is 0.336 e. The average Bonchev–Trinajstić information content (AvgIpc) is 2.70. The molecule has 1 N–H and O–H groups in total. The summed E-state index contributed by atoms with van der Waals surface area (Å²) in [6, 6.07) is 11.7. The van der Waals surface area contributed by atoms with Gasteiger partial charge in [0, 0.05) is 23.1 Å². The smallest absolute Gasteiger partial charge is 0.336 e. The molecule has 0 saturated heterocycles. The highest BCUT2D eigenvalue weighted by Crippen LogP contribution is 2.26. The van der Waals surface area contributed by atoms with E-state index in [2.05, 4.69) is 0 Å². The highest BCUT2D eigenvalue weighted by molar-refractivity contribution is 5.87. The van der Waals surface area contributed by atoms with Crippen LogP contribution in [-0.2, 0) is 22.6 Å². The minimum absolute atomic E-state index is 0.0169. The number of hydrogen-bond acceptors (Lipinski definition) is 6. The molecule has 3 aromatic rings. The van der Waals surface area contributed by atoms with Crippen molar-refractivity contribution in [3.05, 3.63) is 75.7 Å². The largest absolute Gasteiger partial charge is 0.504 e. The van der Waals surface area contributed by atoms with Gasteiger partial charge in [-0.15, -0.1) is 0 Å². The van der Waals surface area contributed by atoms with Gasteiger partial charge in [0.2, 0.25) is 0 Å². The monoisotopic (exact) mass is 380 g/mol. The Balaban J connectivity index is 1.73. The minimum Gasteiger partial charge on any atom is -0.504 e. The zero-order valence-corrected chi connectivity index (χ0v) is 15.6. The number of methoxy groups -OCH3 is 1. The van der Waals surface area contributed by atoms with Gasteiger partial charge in [0.1, 0.15) is 12.2 Å². The highest BCUT2D eigenvalue weighted by atomic mass is 16.5. The number of rotatable bonds is 6. The molecular weight excluding hydrogens is 360 g/mol. The Morgan fingerprint density at radius 3 is 2.75 bits per heavy atom. The fraction of sp³-hybridized carbons (Fsp3) is 0.182. The molecule has 0 saturated carbocycles. The van der Waals surface area contributed by atoms with Gasteiger partial charge in [-0.3, -0.25) is 0 Å². The van der Waals surface area contributed by atoms with E-state index in [4.69, 9.17) is 13.9 Å². The van der Waals surface area contributed by atoms with Crippen LogP contribution < -0.4 is 10.4 Å². The molecular formula is C22H20O6. The molecule has 6 nitrogen and oxygen atoms in total. The van der Waals surface area contributed by atoms with Crippen LogP contribution >= 0.6 is 0 Å². The summed E-state index contributed by atoms with van der Waals surface area (Å²) in [7, 11) is 1.45. The van der Waals surface area contributed by atoms with Crippen molar-refractivity contribution in [1.29, 1.82) is 0 Å². The van der Waals surface area contributed by atoms with Crippen LogP contribution in [0, 0.1) is 0 Å². The third-order valence-corrected chi connectivity index (χ3v) is 4.29. The Morgan fingerprint density at radius 1 is 1.18 bits per heavy atom. The molecule has 0 aliphatic carbocycles. The number of aromatic hydroxyl groups is 1. The molecule has 3 rings (SSSR count). The molecule has 1 aromatic heterocycles. The van der Waals surface area contributed by atoms with E-state index in [1.54, 1.807) is 18.2 Å². The Kier molecular flexibility index (Phi) is 5.79. The Morgan fingerprint density at radius 2 is 2.00 bits per heavy atom. The van der Waals surface area contributed by atoms with Crippen molar-refractivity contribution in [3.63, 3.8) is 0 Å². The van der Waals surface area contributed by atoms with Crippen LogP contribution in [0.2, 0.25) is 0 Å². The van der Waals surface area contributed by atoms with Gasteiger partial charge < -0.3 is 19.0 Å². The average molecular weight is 380 g/mol. The lowest BCUT2D eigenvalue weighted by molar-refractivity contribution is -0.138. The molecule has 0 aliphatic heterocycles. The quantitative estimate of drug-likeness (QED) is 0.397. The number of phenols is 1. The summed E-state index contributed by atoms with van der Waals surface area (Å²) in [5.41, 5.74) is 2.30. The fourth-order valence-corrected chi connectivity index (χ4v) is 2.77. The van der Waals surface area contributed by atoms with Crippen LogP contribution in [0.3, 0.4) is 0 Å². The van der Waals surface area contributed by atoms with Gasteiger partial charge >= 0.3 is 11.6 Å². The summed E-state index contributed by atoms with van der Waals surface area (Å²) in [6.07, 6.45) is 3.65. The molecule has 2 aromatic carbocycles. The molecule has 0 fully saturated rings. The van der Waals surface area contributed by atoms with Gasteiger partial charge in [-0.1, -0.05) is 25.1 Å². The van der Waals surface area contributed by atoms with Crippen molar-refractivity contribution in [2.45, 2.75) is 20.0 Å². The standard InChI is InChI=1S/C22H20O6/c1-3-14-4-7-17-16(12-22(25)28-19(17)10-14)13-27-21(24)9-6-15-5-8-18(23)20(11-15)26-2/h4-12,23H,3,13H2,1-2H3/b9-6+. The summed E-state index contributed by atoms with van der Waals surface area (Å²) in [6.45, 7) is 1.97. The van der Waals surface area contributed by atoms with E-state index in [-0.39, 0.29) is 12.4 Å². The zero-order chi connectivity index (χ0) is 20.1. The summed E-state index contributed by atoms with van der Waals surface area (Å²) in [4.78, 5) is 23.8. The molecule has 28 heavy (non-hydrogen) atoms. The van der Waals surface area contributed by atoms with Gasteiger partial charge in [-0.2, -0.15) is 0 Å². The highest BCUT2D eigenvalue weighted by Gasteiger charge is 2.09. The van der Waals surface area contributed by atoms with Gasteiger partial charge in [0.25, 0.3) is 0 Å². The van der Waals surface area contributed by atoms with Crippen molar-refractivity contribution >= 4 is 23.0 Å². The molecule has 0 radical (unpaired) electrons. The van der Waals surface area contributed by atoms with E-state index in [0.717, 1.165) is 17.4 Å². The van der Waals surface area contributed by atoms with Gasteiger partial charge in [0.15, 0.2) is 11.5 Å². The molecule has 0 atom stereocenters. The Hall–Kier alpha value is -3.54. The molecule has 0 amide bonds. The summed E-state index contributed by atoms with van der Waals surface area (Å²) in [5, 5.41) is 10.3. The van der Waals surface area contributed by atoms with Crippen molar-refractivity contribution in [1.82, 2.24) is 0 Å². The van der Waals surface area contributed by atoms with E-state index >= 15 is 0 Å². The molecule has 0 aliphatic rings. The maximum atomic E-state index is 12.0. The normalized spacial score (nSPS) is 11.1. The first kappa shape index (κ1) is 19.2. The molecule has 6 heteroatoms. The molecule has 1 heterocycles. The lowest BCUT2D eigenvalue weighted by Gasteiger charge is -2.07. The van der Waals surface area contributed by atoms with Crippen LogP contribution in [0.15, 0.2) is 57.8 Å². The second kappa shape index (κ2) is 8.43. The number of benzene rings is 2. The summed E-state index contributed by atoms with van der Waals surface area (Å²) in [5.74, 6) is -0.230. The second-order valence-electron chi connectivity index (χ2n) is 6.15. The zero-order valence-electron chi connectivity index (χ0n) is 15.6. The van der Waals surface area contributed by atoms with Crippen LogP contribution in [0.5, 0.6) is 11.5 Å². The first-order valence-electron chi connectivity index (χ1n) is 8.77. The Bertz CT molecular complexity index is 1090. The van der Waals surface area contributed by atoms with E-state index < -0.39 is 11.6 Å². The lowest BCUT2D eigenvalue weighted by atomic mass is 10.1. The number of carbonyl (C=O) groups excluding carboxylic acids is 1. The van der Waals surface area contributed by atoms with E-state index in [1.165, 1.54) is 25.3 Å². The SMILES string of the molecule is CCc1ccc2c(COC(=O)/C=C/c3ccc(O)c(OC)c3)cc(=O)oc2c1. The van der Waals surface area contributed by atoms with Crippen molar-refractivity contribution in [2.24, 2.45) is 0 Å². The molecule has 0 unspecified atom stereocenters. The van der Waals surface area contributed by atoms with Crippen molar-refractivity contribution < 1.29 is 23.8 Å². The van der Waals surface area contributed by atoms with E-state index in [1.807, 2.05) is 25.1 Å². The summed E-state index contributed by atoms with van der Waals surface area (Å²) < 4.78 is 15.5. The summed E-state index contributed by atoms with van der Waals surface area (Å²) >= 11 is 0. The molecule has 0 spiro atoms. The van der Waals surface area contributed by atoms with Gasteiger partial charge in [-0.05, 0) is 41.8 Å². The molecule has 0 bridgehead atoms.